The van der Waals surface area contributed by atoms with Gasteiger partial charge >= 0.3 is 0 Å². The molecule has 4 rings (SSSR count). The molecule has 2 aromatic heterocycles. The number of hydrogen-bond acceptors (Lipinski definition) is 5. The number of nitrogens with zero attached hydrogens (tertiary/aromatic N) is 4. The van der Waals surface area contributed by atoms with Crippen LogP contribution in [0.3, 0.4) is 0 Å². The molecule has 0 bridgehead atoms. The number of aromatic nitrogens is 3. The van der Waals surface area contributed by atoms with E-state index in [1.54, 1.807) is 12.4 Å². The van der Waals surface area contributed by atoms with Crippen molar-refractivity contribution in [1.29, 1.82) is 0 Å². The fraction of sp³-hybridized carbons (Fsp3) is 0.250. The number of pyridine rings is 1. The molecule has 5 nitrogen and oxygen atoms in total. The molecule has 0 radical (unpaired) electrons. The number of rotatable bonds is 3. The van der Waals surface area contributed by atoms with Crippen LogP contribution >= 0.6 is 0 Å². The summed E-state index contributed by atoms with van der Waals surface area (Å²) in [7, 11) is 0. The van der Waals surface area contributed by atoms with Gasteiger partial charge in [0.05, 0.1) is 5.39 Å². The monoisotopic (exact) mass is 331 g/mol. The zero-order valence-electron chi connectivity index (χ0n) is 14.3. The van der Waals surface area contributed by atoms with Crippen molar-refractivity contribution in [3.05, 3.63) is 59.9 Å². The molecule has 1 aliphatic heterocycles. The molecule has 0 spiro atoms. The molecular weight excluding hydrogens is 310 g/mol. The van der Waals surface area contributed by atoms with Crippen molar-refractivity contribution < 1.29 is 0 Å². The van der Waals surface area contributed by atoms with E-state index in [0.717, 1.165) is 37.1 Å². The molecule has 0 aliphatic carbocycles. The zero-order valence-corrected chi connectivity index (χ0v) is 14.3. The summed E-state index contributed by atoms with van der Waals surface area (Å²) in [6.07, 6.45) is 5.93. The summed E-state index contributed by atoms with van der Waals surface area (Å²) in [5.41, 5.74) is 10.5. The van der Waals surface area contributed by atoms with E-state index < -0.39 is 0 Å². The Kier molecular flexibility index (Phi) is 4.06. The first kappa shape index (κ1) is 15.6. The van der Waals surface area contributed by atoms with Gasteiger partial charge in [0.15, 0.2) is 5.65 Å². The lowest BCUT2D eigenvalue weighted by Gasteiger charge is -2.28. The van der Waals surface area contributed by atoms with Crippen LogP contribution in [0.15, 0.2) is 48.8 Å². The standard InChI is InChI=1S/C20H21N5/c1-2-14-3-5-15(6-4-14)16-9-11-25(12-10-16)20-17-7-8-18(21)24-19(17)22-13-23-20/h3-9,13H,2,10-12H2,1H3,(H2,21,22,23,24). The van der Waals surface area contributed by atoms with Crippen LogP contribution in [0.2, 0.25) is 0 Å². The van der Waals surface area contributed by atoms with Gasteiger partial charge in [0, 0.05) is 13.1 Å². The third-order valence-corrected chi connectivity index (χ3v) is 4.74. The summed E-state index contributed by atoms with van der Waals surface area (Å²) in [5.74, 6) is 1.41. The van der Waals surface area contributed by atoms with Gasteiger partial charge in [0.1, 0.15) is 18.0 Å². The number of aryl methyl sites for hydroxylation is 1. The molecule has 25 heavy (non-hydrogen) atoms. The van der Waals surface area contributed by atoms with Crippen LogP contribution in [0.1, 0.15) is 24.5 Å². The van der Waals surface area contributed by atoms with Gasteiger partial charge in [0.2, 0.25) is 0 Å². The Hall–Kier alpha value is -2.95. The van der Waals surface area contributed by atoms with E-state index >= 15 is 0 Å². The fourth-order valence-corrected chi connectivity index (χ4v) is 3.27. The third kappa shape index (κ3) is 3.05. The van der Waals surface area contributed by atoms with Crippen LogP contribution in [0.5, 0.6) is 0 Å². The molecule has 0 saturated heterocycles. The van der Waals surface area contributed by atoms with Crippen molar-refractivity contribution in [1.82, 2.24) is 15.0 Å². The van der Waals surface area contributed by atoms with Gasteiger partial charge in [-0.05, 0) is 41.7 Å². The van der Waals surface area contributed by atoms with E-state index in [2.05, 4.69) is 57.1 Å². The highest BCUT2D eigenvalue weighted by molar-refractivity contribution is 5.88. The van der Waals surface area contributed by atoms with Crippen LogP contribution in [0, 0.1) is 0 Å². The third-order valence-electron chi connectivity index (χ3n) is 4.74. The number of anilines is 2. The topological polar surface area (TPSA) is 67.9 Å². The SMILES string of the molecule is CCc1ccc(C2=CCN(c3ncnc4nc(N)ccc34)CC2)cc1. The second-order valence-corrected chi connectivity index (χ2v) is 6.28. The molecule has 3 aromatic rings. The van der Waals surface area contributed by atoms with Crippen molar-refractivity contribution >= 4 is 28.2 Å². The Morgan fingerprint density at radius 1 is 1.08 bits per heavy atom. The van der Waals surface area contributed by atoms with Gasteiger partial charge in [-0.2, -0.15) is 0 Å². The van der Waals surface area contributed by atoms with Crippen LogP contribution in [0.4, 0.5) is 11.6 Å². The van der Waals surface area contributed by atoms with Crippen LogP contribution in [-0.2, 0) is 6.42 Å². The lowest BCUT2D eigenvalue weighted by molar-refractivity contribution is 0.818. The largest absolute Gasteiger partial charge is 0.384 e. The molecule has 0 fully saturated rings. The van der Waals surface area contributed by atoms with E-state index in [4.69, 9.17) is 5.73 Å². The molecule has 0 saturated carbocycles. The maximum absolute atomic E-state index is 5.76. The van der Waals surface area contributed by atoms with E-state index in [1.165, 1.54) is 16.7 Å². The van der Waals surface area contributed by atoms with E-state index in [9.17, 15) is 0 Å². The summed E-state index contributed by atoms with van der Waals surface area (Å²) in [4.78, 5) is 15.3. The number of benzene rings is 1. The number of nitrogen functional groups attached to an aromatic ring is 1. The Morgan fingerprint density at radius 2 is 1.92 bits per heavy atom. The number of fused-ring (bicyclic) bond motifs is 1. The molecule has 0 unspecified atom stereocenters. The second-order valence-electron chi connectivity index (χ2n) is 6.28. The summed E-state index contributed by atoms with van der Waals surface area (Å²) >= 11 is 0. The smallest absolute Gasteiger partial charge is 0.166 e. The van der Waals surface area contributed by atoms with Crippen molar-refractivity contribution in [2.45, 2.75) is 19.8 Å². The first-order valence-electron chi connectivity index (χ1n) is 8.65. The minimum absolute atomic E-state index is 0.480. The minimum Gasteiger partial charge on any atom is -0.384 e. The normalized spacial score (nSPS) is 14.6. The second kappa shape index (κ2) is 6.51. The quantitative estimate of drug-likeness (QED) is 0.796. The van der Waals surface area contributed by atoms with Crippen molar-refractivity contribution in [3.63, 3.8) is 0 Å². The first-order chi connectivity index (χ1) is 12.2. The van der Waals surface area contributed by atoms with Gasteiger partial charge in [-0.1, -0.05) is 37.3 Å². The molecule has 2 N–H and O–H groups in total. The Labute approximate surface area is 147 Å². The summed E-state index contributed by atoms with van der Waals surface area (Å²) < 4.78 is 0. The zero-order chi connectivity index (χ0) is 17.2. The van der Waals surface area contributed by atoms with Gasteiger partial charge in [0.25, 0.3) is 0 Å². The van der Waals surface area contributed by atoms with Crippen LogP contribution < -0.4 is 10.6 Å². The van der Waals surface area contributed by atoms with E-state index in [0.29, 0.717) is 11.5 Å². The van der Waals surface area contributed by atoms with Crippen molar-refractivity contribution in [2.24, 2.45) is 0 Å². The summed E-state index contributed by atoms with van der Waals surface area (Å²) in [5, 5.41) is 0.945. The van der Waals surface area contributed by atoms with Gasteiger partial charge in [-0.15, -0.1) is 0 Å². The highest BCUT2D eigenvalue weighted by Crippen LogP contribution is 2.28. The molecule has 3 heterocycles. The van der Waals surface area contributed by atoms with Gasteiger partial charge in [-0.25, -0.2) is 15.0 Å². The van der Waals surface area contributed by atoms with Crippen molar-refractivity contribution in [3.8, 4) is 0 Å². The number of hydrogen-bond donors (Lipinski definition) is 1. The average Bonchev–Trinajstić information content (AvgIpc) is 2.67. The molecule has 0 amide bonds. The van der Waals surface area contributed by atoms with E-state index in [-0.39, 0.29) is 0 Å². The molecule has 0 atom stereocenters. The molecule has 1 aromatic carbocycles. The predicted octanol–water partition coefficient (Wildman–Crippen LogP) is 3.46. The maximum Gasteiger partial charge on any atom is 0.166 e. The van der Waals surface area contributed by atoms with Crippen LogP contribution in [0.25, 0.3) is 16.6 Å². The molecular formula is C20H21N5. The van der Waals surface area contributed by atoms with Gasteiger partial charge < -0.3 is 10.6 Å². The molecule has 1 aliphatic rings. The average molecular weight is 331 g/mol. The molecule has 126 valence electrons. The summed E-state index contributed by atoms with van der Waals surface area (Å²) in [6, 6.07) is 12.7. The Bertz CT molecular complexity index is 930. The number of nitrogens with two attached hydrogens (primary N) is 1. The lowest BCUT2D eigenvalue weighted by atomic mass is 9.98. The summed E-state index contributed by atoms with van der Waals surface area (Å²) in [6.45, 7) is 3.94. The Morgan fingerprint density at radius 3 is 2.64 bits per heavy atom. The highest BCUT2D eigenvalue weighted by Gasteiger charge is 2.17. The van der Waals surface area contributed by atoms with E-state index in [1.807, 2.05) is 6.07 Å². The van der Waals surface area contributed by atoms with Gasteiger partial charge in [-0.3, -0.25) is 0 Å². The highest BCUT2D eigenvalue weighted by atomic mass is 15.2. The predicted molar refractivity (Wildman–Crippen MR) is 102 cm³/mol. The Balaban J connectivity index is 1.60. The van der Waals surface area contributed by atoms with Crippen molar-refractivity contribution in [2.75, 3.05) is 23.7 Å². The minimum atomic E-state index is 0.480. The molecule has 5 heteroatoms. The maximum atomic E-state index is 5.76. The van der Waals surface area contributed by atoms with Crippen LogP contribution in [-0.4, -0.2) is 28.0 Å². The fourth-order valence-electron chi connectivity index (χ4n) is 3.27. The first-order valence-corrected chi connectivity index (χ1v) is 8.65. The lowest BCUT2D eigenvalue weighted by Crippen LogP contribution is -2.29.